The van der Waals surface area contributed by atoms with Crippen molar-refractivity contribution in [3.63, 3.8) is 0 Å². The van der Waals surface area contributed by atoms with E-state index in [4.69, 9.17) is 0 Å². The number of anilines is 1. The molecule has 0 bridgehead atoms. The Morgan fingerprint density at radius 2 is 2.08 bits per heavy atom. The number of hydrogen-bond donors (Lipinski definition) is 1. The summed E-state index contributed by atoms with van der Waals surface area (Å²) in [5.74, 6) is 0.606. The van der Waals surface area contributed by atoms with Crippen molar-refractivity contribution >= 4 is 12.1 Å². The van der Waals surface area contributed by atoms with Crippen LogP contribution in [0.1, 0.15) is 19.4 Å². The highest BCUT2D eigenvalue weighted by Crippen LogP contribution is 2.17. The van der Waals surface area contributed by atoms with Crippen LogP contribution in [0.3, 0.4) is 0 Å². The monoisotopic (exact) mass is 177 g/mol. The zero-order valence-electron chi connectivity index (χ0n) is 8.08. The second kappa shape index (κ2) is 4.65. The van der Waals surface area contributed by atoms with E-state index in [1.54, 1.807) is 0 Å². The molecule has 0 unspecified atom stereocenters. The van der Waals surface area contributed by atoms with E-state index >= 15 is 0 Å². The summed E-state index contributed by atoms with van der Waals surface area (Å²) in [5.41, 5.74) is 2.12. The minimum absolute atomic E-state index is 0.606. The van der Waals surface area contributed by atoms with Crippen LogP contribution in [0.15, 0.2) is 24.3 Å². The van der Waals surface area contributed by atoms with Crippen LogP contribution in [0, 0.1) is 5.92 Å². The number of nitrogens with one attached hydrogen (secondary N) is 1. The van der Waals surface area contributed by atoms with E-state index in [1.807, 2.05) is 24.3 Å². The maximum absolute atomic E-state index is 10.3. The van der Waals surface area contributed by atoms with Gasteiger partial charge >= 0.3 is 0 Å². The molecule has 1 aromatic rings. The van der Waals surface area contributed by atoms with E-state index in [2.05, 4.69) is 19.2 Å². The second-order valence-corrected chi connectivity index (χ2v) is 3.52. The highest BCUT2D eigenvalue weighted by atomic mass is 16.1. The highest BCUT2D eigenvalue weighted by molar-refractivity contribution is 5.73. The fourth-order valence-electron chi connectivity index (χ4n) is 1.34. The summed E-state index contributed by atoms with van der Waals surface area (Å²) in [5, 5.41) is 2.70. The number of rotatable bonds is 4. The lowest BCUT2D eigenvalue weighted by molar-refractivity contribution is -0.105. The van der Waals surface area contributed by atoms with Crippen LogP contribution in [0.4, 0.5) is 5.69 Å². The van der Waals surface area contributed by atoms with Gasteiger partial charge in [0.25, 0.3) is 0 Å². The van der Waals surface area contributed by atoms with Gasteiger partial charge < -0.3 is 5.32 Å². The summed E-state index contributed by atoms with van der Waals surface area (Å²) in [6.45, 7) is 4.33. The molecule has 0 aliphatic carbocycles. The molecule has 1 N–H and O–H groups in total. The fourth-order valence-corrected chi connectivity index (χ4v) is 1.34. The van der Waals surface area contributed by atoms with Crippen molar-refractivity contribution in [1.29, 1.82) is 0 Å². The van der Waals surface area contributed by atoms with Crippen LogP contribution in [-0.2, 0) is 11.2 Å². The Morgan fingerprint density at radius 3 is 2.69 bits per heavy atom. The molecule has 0 heterocycles. The van der Waals surface area contributed by atoms with E-state index in [1.165, 1.54) is 5.56 Å². The lowest BCUT2D eigenvalue weighted by Crippen LogP contribution is -2.01. The van der Waals surface area contributed by atoms with Gasteiger partial charge in [-0.2, -0.15) is 0 Å². The van der Waals surface area contributed by atoms with Crippen molar-refractivity contribution in [2.45, 2.75) is 20.3 Å². The lowest BCUT2D eigenvalue weighted by Gasteiger charge is -2.09. The van der Waals surface area contributed by atoms with Gasteiger partial charge in [0, 0.05) is 5.69 Å². The molecule has 1 aromatic carbocycles. The van der Waals surface area contributed by atoms with E-state index < -0.39 is 0 Å². The average molecular weight is 177 g/mol. The third kappa shape index (κ3) is 2.90. The summed E-state index contributed by atoms with van der Waals surface area (Å²) in [4.78, 5) is 10.3. The average Bonchev–Trinajstić information content (AvgIpc) is 2.08. The molecule has 0 radical (unpaired) electrons. The zero-order chi connectivity index (χ0) is 9.68. The number of benzene rings is 1. The Kier molecular flexibility index (Phi) is 3.50. The molecule has 0 aliphatic heterocycles. The Bertz CT molecular complexity index is 281. The molecule has 2 heteroatoms. The molecule has 0 atom stereocenters. The molecule has 1 rings (SSSR count). The van der Waals surface area contributed by atoms with Gasteiger partial charge in [-0.3, -0.25) is 4.79 Å². The Balaban J connectivity index is 2.83. The predicted octanol–water partition coefficient (Wildman–Crippen LogP) is 2.45. The van der Waals surface area contributed by atoms with Gasteiger partial charge in [-0.1, -0.05) is 32.0 Å². The zero-order valence-corrected chi connectivity index (χ0v) is 8.08. The molecule has 0 aliphatic rings. The number of carbonyl (C=O) groups is 1. The van der Waals surface area contributed by atoms with Gasteiger partial charge in [0.2, 0.25) is 6.41 Å². The van der Waals surface area contributed by atoms with Gasteiger partial charge in [-0.05, 0) is 24.0 Å². The van der Waals surface area contributed by atoms with Gasteiger partial charge in [-0.15, -0.1) is 0 Å². The molecule has 0 aromatic heterocycles. The number of para-hydroxylation sites is 1. The van der Waals surface area contributed by atoms with Crippen molar-refractivity contribution in [3.05, 3.63) is 29.8 Å². The maximum atomic E-state index is 10.3. The van der Waals surface area contributed by atoms with Crippen molar-refractivity contribution < 1.29 is 4.79 Å². The Labute approximate surface area is 79.0 Å². The quantitative estimate of drug-likeness (QED) is 0.703. The van der Waals surface area contributed by atoms with Crippen molar-refractivity contribution in [2.75, 3.05) is 5.32 Å². The minimum atomic E-state index is 0.606. The fraction of sp³-hybridized carbons (Fsp3) is 0.364. The minimum Gasteiger partial charge on any atom is -0.328 e. The number of amides is 1. The first-order valence-corrected chi connectivity index (χ1v) is 4.52. The maximum Gasteiger partial charge on any atom is 0.211 e. The topological polar surface area (TPSA) is 29.1 Å². The van der Waals surface area contributed by atoms with Crippen LogP contribution in [0.2, 0.25) is 0 Å². The van der Waals surface area contributed by atoms with Gasteiger partial charge in [0.1, 0.15) is 0 Å². The lowest BCUT2D eigenvalue weighted by atomic mass is 10.0. The van der Waals surface area contributed by atoms with E-state index in [-0.39, 0.29) is 0 Å². The van der Waals surface area contributed by atoms with E-state index in [9.17, 15) is 4.79 Å². The van der Waals surface area contributed by atoms with Gasteiger partial charge in [0.15, 0.2) is 0 Å². The molecule has 2 nitrogen and oxygen atoms in total. The molecule has 0 saturated carbocycles. The van der Waals surface area contributed by atoms with E-state index in [0.29, 0.717) is 5.92 Å². The molecular weight excluding hydrogens is 162 g/mol. The molecular formula is C11H15NO. The first-order chi connectivity index (χ1) is 6.24. The van der Waals surface area contributed by atoms with Crippen LogP contribution < -0.4 is 5.32 Å². The summed E-state index contributed by atoms with van der Waals surface area (Å²) in [7, 11) is 0. The standard InChI is InChI=1S/C11H15NO/c1-9(2)7-10-5-3-4-6-11(10)12-8-13/h3-6,8-9H,7H2,1-2H3,(H,12,13). The summed E-state index contributed by atoms with van der Waals surface area (Å²) in [6, 6.07) is 7.89. The molecule has 0 spiro atoms. The second-order valence-electron chi connectivity index (χ2n) is 3.52. The van der Waals surface area contributed by atoms with Crippen LogP contribution in [-0.4, -0.2) is 6.41 Å². The first kappa shape index (κ1) is 9.78. The van der Waals surface area contributed by atoms with Gasteiger partial charge in [0.05, 0.1) is 0 Å². The van der Waals surface area contributed by atoms with Crippen molar-refractivity contribution in [2.24, 2.45) is 5.92 Å². The van der Waals surface area contributed by atoms with Crippen molar-refractivity contribution in [3.8, 4) is 0 Å². The summed E-state index contributed by atoms with van der Waals surface area (Å²) < 4.78 is 0. The highest BCUT2D eigenvalue weighted by Gasteiger charge is 2.02. The molecule has 0 saturated heterocycles. The summed E-state index contributed by atoms with van der Waals surface area (Å²) >= 11 is 0. The third-order valence-corrected chi connectivity index (χ3v) is 1.86. The molecule has 13 heavy (non-hydrogen) atoms. The van der Waals surface area contributed by atoms with Crippen LogP contribution in [0.5, 0.6) is 0 Å². The molecule has 0 fully saturated rings. The summed E-state index contributed by atoms with van der Waals surface area (Å²) in [6.07, 6.45) is 1.72. The Morgan fingerprint density at radius 1 is 1.38 bits per heavy atom. The van der Waals surface area contributed by atoms with Crippen LogP contribution >= 0.6 is 0 Å². The smallest absolute Gasteiger partial charge is 0.211 e. The first-order valence-electron chi connectivity index (χ1n) is 4.52. The van der Waals surface area contributed by atoms with Gasteiger partial charge in [-0.25, -0.2) is 0 Å². The molecule has 70 valence electrons. The number of hydrogen-bond acceptors (Lipinski definition) is 1. The Hall–Kier alpha value is -1.31. The van der Waals surface area contributed by atoms with Crippen LogP contribution in [0.25, 0.3) is 0 Å². The largest absolute Gasteiger partial charge is 0.328 e. The third-order valence-electron chi connectivity index (χ3n) is 1.86. The molecule has 1 amide bonds. The normalized spacial score (nSPS) is 10.1. The van der Waals surface area contributed by atoms with E-state index in [0.717, 1.165) is 18.5 Å². The number of carbonyl (C=O) groups excluding carboxylic acids is 1. The SMILES string of the molecule is CC(C)Cc1ccccc1NC=O. The van der Waals surface area contributed by atoms with Crippen molar-refractivity contribution in [1.82, 2.24) is 0 Å². The predicted molar refractivity (Wildman–Crippen MR) is 54.7 cm³/mol.